The second-order valence-corrected chi connectivity index (χ2v) is 7.95. The average molecular weight is 604 g/mol. The number of ether oxygens (including phenoxy) is 1. The molecule has 0 saturated carbocycles. The highest BCUT2D eigenvalue weighted by atomic mass is 32.2. The van der Waals surface area contributed by atoms with Crippen molar-refractivity contribution in [2.24, 2.45) is 0 Å². The van der Waals surface area contributed by atoms with Crippen LogP contribution in [0.25, 0.3) is 0 Å². The lowest BCUT2D eigenvalue weighted by Gasteiger charge is -2.41. The fraction of sp³-hybridized carbons (Fsp3) is 0.467. The van der Waals surface area contributed by atoms with Crippen molar-refractivity contribution in [3.63, 3.8) is 0 Å². The average Bonchev–Trinajstić information content (AvgIpc) is 2.71. The quantitative estimate of drug-likeness (QED) is 0.192. The number of allylic oxidation sites excluding steroid dienone is 1. The molecule has 1 N–H and O–H groups in total. The highest BCUT2D eigenvalue weighted by molar-refractivity contribution is 7.86. The van der Waals surface area contributed by atoms with Crippen LogP contribution in [-0.4, -0.2) is 54.7 Å². The fourth-order valence-electron chi connectivity index (χ4n) is 2.12. The molecule has 4 nitrogen and oxygen atoms in total. The molecule has 0 aromatic heterocycles. The Balaban J connectivity index is 3.68. The Bertz CT molecular complexity index is 1150. The molecule has 0 aliphatic rings. The largest absolute Gasteiger partial charge is 0.460 e. The Morgan fingerprint density at radius 3 is 1.43 bits per heavy atom. The molecular formula is C15H5F17O4S. The van der Waals surface area contributed by atoms with Gasteiger partial charge < -0.3 is 4.74 Å². The zero-order chi connectivity index (χ0) is 29.8. The van der Waals surface area contributed by atoms with Crippen molar-refractivity contribution < 1.29 is 92.3 Å². The topological polar surface area (TPSA) is 63.6 Å². The summed E-state index contributed by atoms with van der Waals surface area (Å²) in [6.07, 6.45) is -7.85. The van der Waals surface area contributed by atoms with Crippen LogP contribution in [0.1, 0.15) is 0 Å². The van der Waals surface area contributed by atoms with Gasteiger partial charge in [-0.2, -0.15) is 83.1 Å². The van der Waals surface area contributed by atoms with Gasteiger partial charge in [0, 0.05) is 0 Å². The number of halogens is 17. The van der Waals surface area contributed by atoms with Crippen LogP contribution in [0.4, 0.5) is 74.6 Å². The molecule has 214 valence electrons. The number of rotatable bonds is 9. The summed E-state index contributed by atoms with van der Waals surface area (Å²) >= 11 is 0. The summed E-state index contributed by atoms with van der Waals surface area (Å²) in [6.45, 7) is 0. The molecule has 0 atom stereocenters. The minimum atomic E-state index is -8.73. The highest BCUT2D eigenvalue weighted by Crippen LogP contribution is 2.63. The molecule has 0 heterocycles. The van der Waals surface area contributed by atoms with Gasteiger partial charge in [-0.3, -0.25) is 4.55 Å². The lowest BCUT2D eigenvalue weighted by Crippen LogP contribution is -2.72. The molecule has 1 rings (SSSR count). The van der Waals surface area contributed by atoms with Gasteiger partial charge in [0.05, 0.1) is 0 Å². The van der Waals surface area contributed by atoms with Crippen molar-refractivity contribution in [3.05, 3.63) is 36.1 Å². The number of hydrogen-bond acceptors (Lipinski definition) is 3. The minimum Gasteiger partial charge on any atom is -0.428 e. The number of benzene rings is 1. The van der Waals surface area contributed by atoms with E-state index >= 15 is 0 Å². The summed E-state index contributed by atoms with van der Waals surface area (Å²) in [4.78, 5) is -1.63. The first kappa shape index (κ1) is 32.5. The summed E-state index contributed by atoms with van der Waals surface area (Å²) in [6, 6.07) is -2.11. The molecular weight excluding hydrogens is 599 g/mol. The molecule has 1 aromatic carbocycles. The van der Waals surface area contributed by atoms with Gasteiger partial charge in [-0.25, -0.2) is 0 Å². The molecule has 0 fully saturated rings. The van der Waals surface area contributed by atoms with Crippen molar-refractivity contribution in [3.8, 4) is 5.75 Å². The standard InChI is InChI=1S/C15H5F17O4S/c16-7(8(17)36-5-3-1-2-4-6(5)37(33,34)35)9(18,19)10(20,21)11(22,23)12(24,25)13(26,27)14(28,29)15(30,31)32/h1-4H,(H,33,34,35)/b8-7-. The second-order valence-electron chi connectivity index (χ2n) is 6.56. The Morgan fingerprint density at radius 2 is 1.03 bits per heavy atom. The molecule has 0 radical (unpaired) electrons. The maximum atomic E-state index is 13.7. The smallest absolute Gasteiger partial charge is 0.428 e. The van der Waals surface area contributed by atoms with Gasteiger partial charge in [0.15, 0.2) is 5.75 Å². The van der Waals surface area contributed by atoms with E-state index in [2.05, 4.69) is 4.74 Å². The van der Waals surface area contributed by atoms with Gasteiger partial charge in [0.25, 0.3) is 10.1 Å². The molecule has 22 heteroatoms. The zero-order valence-corrected chi connectivity index (χ0v) is 17.1. The van der Waals surface area contributed by atoms with Gasteiger partial charge in [-0.15, -0.1) is 0 Å². The second kappa shape index (κ2) is 9.05. The van der Waals surface area contributed by atoms with Gasteiger partial charge in [-0.1, -0.05) is 12.1 Å². The summed E-state index contributed by atoms with van der Waals surface area (Å²) in [5.74, 6) is -56.9. The Kier molecular flexibility index (Phi) is 7.95. The third-order valence-electron chi connectivity index (χ3n) is 4.10. The van der Waals surface area contributed by atoms with E-state index in [9.17, 15) is 83.1 Å². The van der Waals surface area contributed by atoms with E-state index in [1.165, 1.54) is 0 Å². The third kappa shape index (κ3) is 4.88. The number of alkyl halides is 15. The minimum absolute atomic E-state index is 0.175. The van der Waals surface area contributed by atoms with Crippen molar-refractivity contribution in [1.82, 2.24) is 0 Å². The van der Waals surface area contributed by atoms with E-state index in [-0.39, 0.29) is 12.1 Å². The normalized spacial score (nSPS) is 15.9. The van der Waals surface area contributed by atoms with Crippen molar-refractivity contribution in [1.29, 1.82) is 0 Å². The van der Waals surface area contributed by atoms with Crippen LogP contribution in [0.2, 0.25) is 0 Å². The van der Waals surface area contributed by atoms with Crippen LogP contribution in [0.5, 0.6) is 5.75 Å². The first-order valence-electron chi connectivity index (χ1n) is 8.17. The van der Waals surface area contributed by atoms with E-state index in [0.717, 1.165) is 0 Å². The van der Waals surface area contributed by atoms with Crippen LogP contribution >= 0.6 is 0 Å². The van der Waals surface area contributed by atoms with E-state index < -0.39 is 74.3 Å². The molecule has 37 heavy (non-hydrogen) atoms. The molecule has 0 saturated heterocycles. The molecule has 1 aromatic rings. The number of hydrogen-bond donors (Lipinski definition) is 1. The molecule has 0 unspecified atom stereocenters. The summed E-state index contributed by atoms with van der Waals surface area (Å²) < 4.78 is 258. The third-order valence-corrected chi connectivity index (χ3v) is 5.00. The monoisotopic (exact) mass is 604 g/mol. The summed E-state index contributed by atoms with van der Waals surface area (Å²) in [5.41, 5.74) is 0. The van der Waals surface area contributed by atoms with E-state index in [1.54, 1.807) is 0 Å². The van der Waals surface area contributed by atoms with Crippen LogP contribution < -0.4 is 4.74 Å². The van der Waals surface area contributed by atoms with E-state index in [0.29, 0.717) is 12.1 Å². The predicted octanol–water partition coefficient (Wildman–Crippen LogP) is 6.79. The zero-order valence-electron chi connectivity index (χ0n) is 16.3. The molecule has 0 aliphatic heterocycles. The first-order valence-corrected chi connectivity index (χ1v) is 9.61. The van der Waals surface area contributed by atoms with Gasteiger partial charge in [0.2, 0.25) is 5.83 Å². The fourth-order valence-corrected chi connectivity index (χ4v) is 2.73. The Labute approximate surface area is 192 Å². The Hall–Kier alpha value is -2.52. The summed E-state index contributed by atoms with van der Waals surface area (Å²) in [7, 11) is -5.49. The van der Waals surface area contributed by atoms with Crippen LogP contribution in [0.15, 0.2) is 41.0 Å². The molecule has 0 aliphatic carbocycles. The lowest BCUT2D eigenvalue weighted by molar-refractivity contribution is -0.451. The SMILES string of the molecule is O=S(=O)(O)c1ccccc1O/C(F)=C(\F)C(F)(F)C(F)(F)C(F)(F)C(F)(F)C(F)(F)C(F)(F)C(F)(F)F. The van der Waals surface area contributed by atoms with Gasteiger partial charge in [0.1, 0.15) is 4.90 Å². The first-order chi connectivity index (χ1) is 16.0. The predicted molar refractivity (Wildman–Crippen MR) is 81.9 cm³/mol. The number of para-hydroxylation sites is 1. The van der Waals surface area contributed by atoms with E-state index in [1.807, 2.05) is 0 Å². The van der Waals surface area contributed by atoms with Crippen molar-refractivity contribution in [2.75, 3.05) is 0 Å². The van der Waals surface area contributed by atoms with Crippen molar-refractivity contribution in [2.45, 2.75) is 46.6 Å². The lowest BCUT2D eigenvalue weighted by atomic mass is 9.91. The molecule has 0 amide bonds. The van der Waals surface area contributed by atoms with Crippen LogP contribution in [-0.2, 0) is 10.1 Å². The maximum absolute atomic E-state index is 13.7. The molecule has 0 bridgehead atoms. The maximum Gasteiger partial charge on any atom is 0.460 e. The van der Waals surface area contributed by atoms with Gasteiger partial charge in [-0.05, 0) is 12.1 Å². The molecule has 0 spiro atoms. The van der Waals surface area contributed by atoms with Crippen molar-refractivity contribution >= 4 is 10.1 Å². The van der Waals surface area contributed by atoms with Gasteiger partial charge >= 0.3 is 47.7 Å². The van der Waals surface area contributed by atoms with Crippen LogP contribution in [0.3, 0.4) is 0 Å². The summed E-state index contributed by atoms with van der Waals surface area (Å²) in [5, 5.41) is 0. The van der Waals surface area contributed by atoms with E-state index in [4.69, 9.17) is 4.55 Å². The highest BCUT2D eigenvalue weighted by Gasteiger charge is 2.93. The van der Waals surface area contributed by atoms with Crippen LogP contribution in [0, 0.1) is 0 Å². The Morgan fingerprint density at radius 1 is 0.649 bits per heavy atom.